The van der Waals surface area contributed by atoms with Crippen LogP contribution in [0.25, 0.3) is 22.6 Å². The first-order chi connectivity index (χ1) is 25.0. The first kappa shape index (κ1) is 40.3. The number of carbonyl (C=O) groups is 2. The normalized spacial score (nSPS) is 17.4. The Hall–Kier alpha value is -4.93. The maximum absolute atomic E-state index is 14.9. The van der Waals surface area contributed by atoms with Crippen LogP contribution in [0, 0.1) is 10.8 Å². The van der Waals surface area contributed by atoms with Gasteiger partial charge in [-0.15, -0.1) is 10.2 Å². The van der Waals surface area contributed by atoms with Crippen molar-refractivity contribution in [2.75, 3.05) is 6.61 Å². The van der Waals surface area contributed by atoms with Gasteiger partial charge in [0, 0.05) is 22.7 Å². The van der Waals surface area contributed by atoms with Crippen molar-refractivity contribution in [3.05, 3.63) is 77.5 Å². The SMILES string of the molecule is CC(C)(C)C[C@]1(c2ccc(-c3cn(C(F)F)cn3)cc2)N=C(N)N([C@H](COC(=O)CC(C)(C)C(C)(F)F)c2ccc(Cl)c(-c3nncn3C(F)F)c2)C1=O. The van der Waals surface area contributed by atoms with Crippen LogP contribution in [0.2, 0.25) is 5.02 Å². The van der Waals surface area contributed by atoms with Crippen molar-refractivity contribution >= 4 is 29.4 Å². The van der Waals surface area contributed by atoms with E-state index in [1.54, 1.807) is 24.3 Å². The molecule has 4 aromatic rings. The first-order valence-corrected chi connectivity index (χ1v) is 17.0. The number of hydrogen-bond acceptors (Lipinski definition) is 8. The van der Waals surface area contributed by atoms with Crippen LogP contribution in [0.1, 0.15) is 84.7 Å². The van der Waals surface area contributed by atoms with Crippen LogP contribution >= 0.6 is 11.6 Å². The van der Waals surface area contributed by atoms with Gasteiger partial charge in [0.15, 0.2) is 17.3 Å². The number of imidazole rings is 1. The molecule has 0 saturated heterocycles. The number of amides is 1. The molecule has 54 heavy (non-hydrogen) atoms. The molecule has 3 heterocycles. The van der Waals surface area contributed by atoms with Gasteiger partial charge < -0.3 is 10.5 Å². The highest BCUT2D eigenvalue weighted by Crippen LogP contribution is 2.46. The van der Waals surface area contributed by atoms with Gasteiger partial charge in [-0.3, -0.25) is 23.6 Å². The molecule has 1 aliphatic rings. The molecule has 2 N–H and O–H groups in total. The molecule has 1 aliphatic heterocycles. The lowest BCUT2D eigenvalue weighted by molar-refractivity contribution is -0.157. The minimum atomic E-state index is -3.25. The van der Waals surface area contributed by atoms with Crippen LogP contribution in [0.4, 0.5) is 26.3 Å². The number of alkyl halides is 6. The minimum Gasteiger partial charge on any atom is -0.463 e. The van der Waals surface area contributed by atoms with Crippen molar-refractivity contribution in [2.24, 2.45) is 21.6 Å². The number of carbonyl (C=O) groups excluding carboxylic acids is 2. The third-order valence-corrected chi connectivity index (χ3v) is 9.61. The van der Waals surface area contributed by atoms with E-state index < -0.39 is 66.3 Å². The summed E-state index contributed by atoms with van der Waals surface area (Å²) in [5.41, 5.74) is 3.93. The molecule has 0 bridgehead atoms. The Morgan fingerprint density at radius 3 is 2.22 bits per heavy atom. The predicted molar refractivity (Wildman–Crippen MR) is 188 cm³/mol. The Morgan fingerprint density at radius 1 is 0.981 bits per heavy atom. The Labute approximate surface area is 312 Å². The number of aromatic nitrogens is 5. The molecule has 290 valence electrons. The smallest absolute Gasteiger partial charge is 0.321 e. The average Bonchev–Trinajstić information content (AvgIpc) is 3.81. The third-order valence-electron chi connectivity index (χ3n) is 9.28. The zero-order valence-corrected chi connectivity index (χ0v) is 31.0. The van der Waals surface area contributed by atoms with Crippen LogP contribution in [0.15, 0.2) is 66.3 Å². The van der Waals surface area contributed by atoms with Crippen molar-refractivity contribution in [1.82, 2.24) is 29.2 Å². The van der Waals surface area contributed by atoms with Crippen molar-refractivity contribution in [3.63, 3.8) is 0 Å². The van der Waals surface area contributed by atoms with Gasteiger partial charge in [0.25, 0.3) is 11.8 Å². The van der Waals surface area contributed by atoms with Crippen LogP contribution in [0.5, 0.6) is 0 Å². The summed E-state index contributed by atoms with van der Waals surface area (Å²) in [6.45, 7) is 2.35. The summed E-state index contributed by atoms with van der Waals surface area (Å²) in [6, 6.07) is 9.37. The number of guanidine groups is 1. The van der Waals surface area contributed by atoms with E-state index in [1.165, 1.54) is 38.2 Å². The van der Waals surface area contributed by atoms with E-state index >= 15 is 0 Å². The monoisotopic (exact) mass is 780 g/mol. The molecule has 0 saturated carbocycles. The fourth-order valence-corrected chi connectivity index (χ4v) is 6.34. The highest BCUT2D eigenvalue weighted by molar-refractivity contribution is 6.33. The predicted octanol–water partition coefficient (Wildman–Crippen LogP) is 8.40. The van der Waals surface area contributed by atoms with E-state index in [2.05, 4.69) is 15.2 Å². The van der Waals surface area contributed by atoms with Crippen molar-refractivity contribution < 1.29 is 40.7 Å². The molecular formula is C36H39ClF6N8O3. The summed E-state index contributed by atoms with van der Waals surface area (Å²) < 4.78 is 89.4. The van der Waals surface area contributed by atoms with E-state index in [0.717, 1.165) is 17.6 Å². The van der Waals surface area contributed by atoms with Gasteiger partial charge in [-0.05, 0) is 42.0 Å². The maximum Gasteiger partial charge on any atom is 0.321 e. The number of nitrogens with zero attached hydrogens (tertiary/aromatic N) is 7. The van der Waals surface area contributed by atoms with Crippen LogP contribution < -0.4 is 5.73 Å². The number of benzene rings is 2. The Kier molecular flexibility index (Phi) is 11.0. The standard InChI is InChI=1S/C36H39ClF6N8O3/c1-33(2,3)17-36(22-10-7-20(8-11-22)25-15-49(18-45-25)30(38)39)29(53)51(32(44)47-36)26(16-54-27(52)14-34(4,5)35(6,42)43)21-9-12-24(37)23(13-21)28-48-46-19-50(28)31(40)41/h7-13,15,18-19,26,30-31H,14,16-17H2,1-6H3,(H2,44,47)/t26-,36-/m1/s1. The molecule has 2 atom stereocenters. The molecule has 0 fully saturated rings. The number of esters is 1. The number of nitrogens with two attached hydrogens (primary N) is 1. The number of rotatable bonds is 13. The molecule has 2 aromatic carbocycles. The summed E-state index contributed by atoms with van der Waals surface area (Å²) in [5.74, 6) is -5.46. The largest absolute Gasteiger partial charge is 0.463 e. The fourth-order valence-electron chi connectivity index (χ4n) is 6.14. The van der Waals surface area contributed by atoms with Gasteiger partial charge >= 0.3 is 19.1 Å². The van der Waals surface area contributed by atoms with Gasteiger partial charge in [0.05, 0.1) is 29.5 Å². The lowest BCUT2D eigenvalue weighted by Gasteiger charge is -2.35. The summed E-state index contributed by atoms with van der Waals surface area (Å²) in [6.07, 6.45) is 2.44. The van der Waals surface area contributed by atoms with E-state index in [-0.39, 0.29) is 40.0 Å². The molecule has 0 aliphatic carbocycles. The molecule has 2 aromatic heterocycles. The second-order valence-corrected chi connectivity index (χ2v) is 15.4. The van der Waals surface area contributed by atoms with Gasteiger partial charge in [-0.2, -0.15) is 17.6 Å². The molecule has 5 rings (SSSR count). The van der Waals surface area contributed by atoms with E-state index in [0.29, 0.717) is 27.2 Å². The molecule has 0 spiro atoms. The Morgan fingerprint density at radius 2 is 1.65 bits per heavy atom. The highest BCUT2D eigenvalue weighted by Gasteiger charge is 2.53. The molecular weight excluding hydrogens is 742 g/mol. The third kappa shape index (κ3) is 8.10. The van der Waals surface area contributed by atoms with Crippen LogP contribution in [-0.2, 0) is 19.9 Å². The second kappa shape index (κ2) is 14.7. The lowest BCUT2D eigenvalue weighted by Crippen LogP contribution is -2.47. The average molecular weight is 781 g/mol. The number of aliphatic imine (C=N–C) groups is 1. The van der Waals surface area contributed by atoms with Crippen molar-refractivity contribution in [1.29, 1.82) is 0 Å². The van der Waals surface area contributed by atoms with E-state index in [4.69, 9.17) is 27.1 Å². The van der Waals surface area contributed by atoms with Gasteiger partial charge in [-0.1, -0.05) is 76.6 Å². The molecule has 0 radical (unpaired) electrons. The van der Waals surface area contributed by atoms with Gasteiger partial charge in [0.2, 0.25) is 0 Å². The number of hydrogen-bond donors (Lipinski definition) is 1. The van der Waals surface area contributed by atoms with Crippen LogP contribution in [-0.4, -0.2) is 59.6 Å². The van der Waals surface area contributed by atoms with Crippen molar-refractivity contribution in [2.45, 2.75) is 85.0 Å². The first-order valence-electron chi connectivity index (χ1n) is 16.7. The van der Waals surface area contributed by atoms with Gasteiger partial charge in [0.1, 0.15) is 12.9 Å². The number of ether oxygens (including phenoxy) is 1. The van der Waals surface area contributed by atoms with E-state index in [9.17, 15) is 35.9 Å². The summed E-state index contributed by atoms with van der Waals surface area (Å²) in [7, 11) is 0. The minimum absolute atomic E-state index is 0.00281. The Balaban J connectivity index is 1.59. The summed E-state index contributed by atoms with van der Waals surface area (Å²) in [4.78, 5) is 37.9. The number of halogens is 7. The molecule has 0 unspecified atom stereocenters. The zero-order chi connectivity index (χ0) is 40.0. The molecule has 18 heteroatoms. The quantitative estimate of drug-likeness (QED) is 0.106. The van der Waals surface area contributed by atoms with Gasteiger partial charge in [-0.25, -0.2) is 18.8 Å². The van der Waals surface area contributed by atoms with Crippen molar-refractivity contribution in [3.8, 4) is 22.6 Å². The summed E-state index contributed by atoms with van der Waals surface area (Å²) in [5, 5.41) is 7.37. The van der Waals surface area contributed by atoms with E-state index in [1.807, 2.05) is 20.8 Å². The zero-order valence-electron chi connectivity index (χ0n) is 30.2. The molecule has 1 amide bonds. The molecule has 11 nitrogen and oxygen atoms in total. The second-order valence-electron chi connectivity index (χ2n) is 15.0. The fraction of sp³-hybridized carbons (Fsp3) is 0.444. The maximum atomic E-state index is 14.9. The highest BCUT2D eigenvalue weighted by atomic mass is 35.5. The Bertz CT molecular complexity index is 2040. The lowest BCUT2D eigenvalue weighted by atomic mass is 9.75. The topological polar surface area (TPSA) is 134 Å². The summed E-state index contributed by atoms with van der Waals surface area (Å²) >= 11 is 6.45. The van der Waals surface area contributed by atoms with Crippen LogP contribution in [0.3, 0.4) is 0 Å².